The first-order chi connectivity index (χ1) is 17.0. The molecule has 1 aliphatic rings. The lowest BCUT2D eigenvalue weighted by Crippen LogP contribution is -2.47. The Bertz CT molecular complexity index is 1120. The molecule has 1 amide bonds. The van der Waals surface area contributed by atoms with Crippen LogP contribution in [0.1, 0.15) is 46.9 Å². The van der Waals surface area contributed by atoms with Crippen LogP contribution >= 0.6 is 37.2 Å². The number of benzene rings is 3. The molecule has 208 valence electrons. The molecule has 1 heterocycles. The predicted molar refractivity (Wildman–Crippen MR) is 161 cm³/mol. The predicted octanol–water partition coefficient (Wildman–Crippen LogP) is 6.06. The minimum absolute atomic E-state index is 0. The summed E-state index contributed by atoms with van der Waals surface area (Å²) >= 11 is 0. The van der Waals surface area contributed by atoms with E-state index in [9.17, 15) is 9.18 Å². The van der Waals surface area contributed by atoms with Gasteiger partial charge in [-0.1, -0.05) is 36.4 Å². The van der Waals surface area contributed by atoms with E-state index in [2.05, 4.69) is 28.0 Å². The summed E-state index contributed by atoms with van der Waals surface area (Å²) in [6, 6.07) is 23.0. The molecule has 0 aromatic heterocycles. The van der Waals surface area contributed by atoms with E-state index in [1.165, 1.54) is 12.1 Å². The van der Waals surface area contributed by atoms with Gasteiger partial charge in [-0.3, -0.25) is 14.6 Å². The molecule has 5 nitrogen and oxygen atoms in total. The van der Waals surface area contributed by atoms with Crippen molar-refractivity contribution in [3.8, 4) is 0 Å². The van der Waals surface area contributed by atoms with Crippen LogP contribution in [0.4, 0.5) is 10.1 Å². The maximum absolute atomic E-state index is 13.3. The van der Waals surface area contributed by atoms with Crippen LogP contribution in [0.15, 0.2) is 72.8 Å². The van der Waals surface area contributed by atoms with Gasteiger partial charge in [0.2, 0.25) is 0 Å². The first kappa shape index (κ1) is 33.7. The highest BCUT2D eigenvalue weighted by atomic mass is 35.5. The average molecular weight is 584 g/mol. The van der Waals surface area contributed by atoms with Crippen molar-refractivity contribution >= 4 is 48.8 Å². The molecule has 3 aromatic carbocycles. The zero-order valence-corrected chi connectivity index (χ0v) is 24.3. The van der Waals surface area contributed by atoms with E-state index in [1.807, 2.05) is 61.2 Å². The highest BCUT2D eigenvalue weighted by Crippen LogP contribution is 2.31. The van der Waals surface area contributed by atoms with Gasteiger partial charge in [0.05, 0.1) is 6.04 Å². The van der Waals surface area contributed by atoms with Gasteiger partial charge in [0.15, 0.2) is 0 Å². The number of halogens is 4. The molecular formula is C29H38Cl3FN4O. The van der Waals surface area contributed by atoms with Gasteiger partial charge in [-0.15, -0.1) is 37.2 Å². The van der Waals surface area contributed by atoms with Crippen molar-refractivity contribution in [2.75, 3.05) is 45.0 Å². The van der Waals surface area contributed by atoms with Crippen LogP contribution in [0.5, 0.6) is 0 Å². The van der Waals surface area contributed by atoms with Gasteiger partial charge >= 0.3 is 0 Å². The number of hydrogen-bond donors (Lipinski definition) is 1. The third-order valence-corrected chi connectivity index (χ3v) is 6.84. The fraction of sp³-hybridized carbons (Fsp3) is 0.345. The normalized spacial score (nSPS) is 14.4. The van der Waals surface area contributed by atoms with Crippen LogP contribution in [-0.2, 0) is 6.54 Å². The van der Waals surface area contributed by atoms with Crippen LogP contribution < -0.4 is 5.73 Å². The molecule has 1 fully saturated rings. The van der Waals surface area contributed by atoms with Crippen LogP contribution in [0.25, 0.3) is 0 Å². The van der Waals surface area contributed by atoms with Gasteiger partial charge in [0.25, 0.3) is 5.91 Å². The summed E-state index contributed by atoms with van der Waals surface area (Å²) in [5.41, 5.74) is 11.0. The molecule has 9 heteroatoms. The molecule has 38 heavy (non-hydrogen) atoms. The van der Waals surface area contributed by atoms with E-state index in [0.717, 1.165) is 55.1 Å². The summed E-state index contributed by atoms with van der Waals surface area (Å²) in [5, 5.41) is 0. The van der Waals surface area contributed by atoms with Crippen LogP contribution in [0.2, 0.25) is 0 Å². The van der Waals surface area contributed by atoms with Crippen molar-refractivity contribution in [2.45, 2.75) is 26.4 Å². The van der Waals surface area contributed by atoms with Gasteiger partial charge in [-0.05, 0) is 66.9 Å². The number of nitrogen functional groups attached to an aromatic ring is 1. The lowest BCUT2D eigenvalue weighted by atomic mass is 9.95. The molecule has 1 saturated heterocycles. The molecule has 0 radical (unpaired) electrons. The second kappa shape index (κ2) is 15.9. The number of rotatable bonds is 8. The minimum Gasteiger partial charge on any atom is -0.399 e. The average Bonchev–Trinajstić information content (AvgIpc) is 2.88. The fourth-order valence-corrected chi connectivity index (χ4v) is 4.87. The number of nitrogens with zero attached hydrogens (tertiary/aromatic N) is 3. The molecular weight excluding hydrogens is 546 g/mol. The second-order valence-corrected chi connectivity index (χ2v) is 9.11. The largest absolute Gasteiger partial charge is 0.399 e. The smallest absolute Gasteiger partial charge is 0.253 e. The topological polar surface area (TPSA) is 52.8 Å². The molecule has 0 saturated carbocycles. The van der Waals surface area contributed by atoms with E-state index >= 15 is 0 Å². The van der Waals surface area contributed by atoms with Crippen molar-refractivity contribution in [2.24, 2.45) is 0 Å². The van der Waals surface area contributed by atoms with Gasteiger partial charge in [0, 0.05) is 57.1 Å². The summed E-state index contributed by atoms with van der Waals surface area (Å²) in [7, 11) is 0. The summed E-state index contributed by atoms with van der Waals surface area (Å²) in [4.78, 5) is 19.5. The zero-order valence-electron chi connectivity index (χ0n) is 21.9. The lowest BCUT2D eigenvalue weighted by molar-refractivity contribution is 0.0773. The van der Waals surface area contributed by atoms with E-state index in [0.29, 0.717) is 18.7 Å². The molecule has 3 aromatic rings. The summed E-state index contributed by atoms with van der Waals surface area (Å²) in [5.74, 6) is -0.134. The number of carbonyl (C=O) groups is 1. The molecule has 1 atom stereocenters. The zero-order chi connectivity index (χ0) is 24.8. The second-order valence-electron chi connectivity index (χ2n) is 9.11. The van der Waals surface area contributed by atoms with Gasteiger partial charge in [-0.2, -0.15) is 0 Å². The Morgan fingerprint density at radius 3 is 2.03 bits per heavy atom. The maximum Gasteiger partial charge on any atom is 0.253 e. The minimum atomic E-state index is -0.201. The fourth-order valence-electron chi connectivity index (χ4n) is 4.87. The van der Waals surface area contributed by atoms with Crippen molar-refractivity contribution in [1.29, 1.82) is 0 Å². The molecule has 0 aliphatic carbocycles. The molecule has 0 spiro atoms. The SMILES string of the molecule is CCN(CC)C(=O)c1ccc([C@H](c2cccc(N)c2)N2CCN(Cc3ccc(F)cc3)CC2)cc1.Cl.Cl.Cl. The monoisotopic (exact) mass is 582 g/mol. The summed E-state index contributed by atoms with van der Waals surface area (Å²) in [6.07, 6.45) is 0. The Labute approximate surface area is 244 Å². The van der Waals surface area contributed by atoms with E-state index < -0.39 is 0 Å². The lowest BCUT2D eigenvalue weighted by Gasteiger charge is -2.40. The number of anilines is 1. The van der Waals surface area contributed by atoms with Crippen molar-refractivity contribution < 1.29 is 9.18 Å². The quantitative estimate of drug-likeness (QED) is 0.328. The van der Waals surface area contributed by atoms with Crippen LogP contribution in [0, 0.1) is 5.82 Å². The number of hydrogen-bond acceptors (Lipinski definition) is 4. The first-order valence-electron chi connectivity index (χ1n) is 12.4. The number of carbonyl (C=O) groups excluding carboxylic acids is 1. The van der Waals surface area contributed by atoms with Crippen LogP contribution in [0.3, 0.4) is 0 Å². The number of nitrogens with two attached hydrogens (primary N) is 1. The van der Waals surface area contributed by atoms with Crippen molar-refractivity contribution in [1.82, 2.24) is 14.7 Å². The number of piperazine rings is 1. The van der Waals surface area contributed by atoms with Crippen LogP contribution in [-0.4, -0.2) is 59.9 Å². The molecule has 0 bridgehead atoms. The third kappa shape index (κ3) is 8.32. The Hall–Kier alpha value is -2.35. The molecule has 4 rings (SSSR count). The Morgan fingerprint density at radius 2 is 1.47 bits per heavy atom. The Kier molecular flexibility index (Phi) is 14.1. The standard InChI is InChI=1S/C29H35FN4O.3ClH/c1-3-33(4-2)29(35)24-12-10-23(11-13-24)28(25-6-5-7-27(31)20-25)34-18-16-32(17-19-34)21-22-8-14-26(30)15-9-22;;;/h5-15,20,28H,3-4,16-19,21,31H2,1-2H3;3*1H/t28-;;;/m1.../s1. The number of amides is 1. The molecule has 1 aliphatic heterocycles. The highest BCUT2D eigenvalue weighted by Gasteiger charge is 2.27. The van der Waals surface area contributed by atoms with Crippen molar-refractivity contribution in [3.05, 3.63) is 101 Å². The van der Waals surface area contributed by atoms with E-state index in [1.54, 1.807) is 0 Å². The summed E-state index contributed by atoms with van der Waals surface area (Å²) < 4.78 is 13.3. The molecule has 0 unspecified atom stereocenters. The first-order valence-corrected chi connectivity index (χ1v) is 12.4. The Morgan fingerprint density at radius 1 is 0.868 bits per heavy atom. The van der Waals surface area contributed by atoms with Crippen molar-refractivity contribution in [3.63, 3.8) is 0 Å². The maximum atomic E-state index is 13.3. The van der Waals surface area contributed by atoms with E-state index in [4.69, 9.17) is 5.73 Å². The Balaban J connectivity index is 0.00000241. The third-order valence-electron chi connectivity index (χ3n) is 6.84. The summed E-state index contributed by atoms with van der Waals surface area (Å²) in [6.45, 7) is 9.88. The van der Waals surface area contributed by atoms with E-state index in [-0.39, 0.29) is 55.0 Å². The van der Waals surface area contributed by atoms with Gasteiger partial charge in [0.1, 0.15) is 5.82 Å². The molecule has 2 N–H and O–H groups in total. The van der Waals surface area contributed by atoms with Gasteiger partial charge < -0.3 is 10.6 Å². The highest BCUT2D eigenvalue weighted by molar-refractivity contribution is 5.94. The van der Waals surface area contributed by atoms with Gasteiger partial charge in [-0.25, -0.2) is 4.39 Å².